The van der Waals surface area contributed by atoms with Crippen LogP contribution in [0.2, 0.25) is 0 Å². The second kappa shape index (κ2) is 9.12. The van der Waals surface area contributed by atoms with Crippen molar-refractivity contribution in [2.24, 2.45) is 0 Å². The summed E-state index contributed by atoms with van der Waals surface area (Å²) in [4.78, 5) is 25.9. The molecule has 3 amide bonds. The molecule has 0 aromatic heterocycles. The topological polar surface area (TPSA) is 82.7 Å². The molecule has 0 aliphatic carbocycles. The van der Waals surface area contributed by atoms with Gasteiger partial charge in [0.2, 0.25) is 5.91 Å². The van der Waals surface area contributed by atoms with Gasteiger partial charge in [-0.25, -0.2) is 4.79 Å². The van der Waals surface area contributed by atoms with Crippen molar-refractivity contribution in [3.05, 3.63) is 48.5 Å². The van der Waals surface area contributed by atoms with E-state index < -0.39 is 0 Å². The standard InChI is InChI=1S/C21H26N4O3/c1-15(26)22-19-9-8-17(14-20(19)28-2)24-21(27)23-16-10-12-25(13-11-16)18-6-4-3-5-7-18/h3-9,14,16H,10-13H2,1-2H3,(H,22,26)(H2,23,24,27). The monoisotopic (exact) mass is 382 g/mol. The van der Waals surface area contributed by atoms with Gasteiger partial charge in [-0.15, -0.1) is 0 Å². The molecule has 7 nitrogen and oxygen atoms in total. The van der Waals surface area contributed by atoms with E-state index in [2.05, 4.69) is 33.0 Å². The number of hydrogen-bond donors (Lipinski definition) is 3. The lowest BCUT2D eigenvalue weighted by Gasteiger charge is -2.34. The zero-order valence-corrected chi connectivity index (χ0v) is 16.2. The maximum absolute atomic E-state index is 12.3. The van der Waals surface area contributed by atoms with Gasteiger partial charge < -0.3 is 25.6 Å². The molecule has 1 saturated heterocycles. The molecule has 3 N–H and O–H groups in total. The molecule has 1 fully saturated rings. The highest BCUT2D eigenvalue weighted by atomic mass is 16.5. The Labute approximate surface area is 165 Å². The van der Waals surface area contributed by atoms with Crippen LogP contribution in [-0.4, -0.2) is 38.2 Å². The van der Waals surface area contributed by atoms with E-state index in [0.717, 1.165) is 25.9 Å². The van der Waals surface area contributed by atoms with E-state index in [-0.39, 0.29) is 18.0 Å². The first-order valence-corrected chi connectivity index (χ1v) is 9.38. The Balaban J connectivity index is 1.51. The summed E-state index contributed by atoms with van der Waals surface area (Å²) in [5.74, 6) is 0.308. The van der Waals surface area contributed by atoms with Crippen LogP contribution in [0.5, 0.6) is 5.75 Å². The smallest absolute Gasteiger partial charge is 0.319 e. The van der Waals surface area contributed by atoms with E-state index in [1.54, 1.807) is 18.2 Å². The fourth-order valence-corrected chi connectivity index (χ4v) is 3.34. The molecule has 7 heteroatoms. The lowest BCUT2D eigenvalue weighted by molar-refractivity contribution is -0.114. The Morgan fingerprint density at radius 2 is 1.75 bits per heavy atom. The lowest BCUT2D eigenvalue weighted by atomic mass is 10.0. The molecule has 148 valence electrons. The maximum Gasteiger partial charge on any atom is 0.319 e. The van der Waals surface area contributed by atoms with E-state index in [0.29, 0.717) is 17.1 Å². The molecule has 0 radical (unpaired) electrons. The van der Waals surface area contributed by atoms with Crippen molar-refractivity contribution >= 4 is 29.0 Å². The van der Waals surface area contributed by atoms with Crippen molar-refractivity contribution in [2.45, 2.75) is 25.8 Å². The van der Waals surface area contributed by atoms with Crippen molar-refractivity contribution < 1.29 is 14.3 Å². The molecule has 0 saturated carbocycles. The molecule has 2 aromatic carbocycles. The van der Waals surface area contributed by atoms with Crippen LogP contribution in [0.3, 0.4) is 0 Å². The number of hydrogen-bond acceptors (Lipinski definition) is 4. The van der Waals surface area contributed by atoms with E-state index in [9.17, 15) is 9.59 Å². The molecule has 28 heavy (non-hydrogen) atoms. The third kappa shape index (κ3) is 5.16. The second-order valence-electron chi connectivity index (χ2n) is 6.79. The van der Waals surface area contributed by atoms with Crippen LogP contribution in [0.25, 0.3) is 0 Å². The van der Waals surface area contributed by atoms with E-state index >= 15 is 0 Å². The summed E-state index contributed by atoms with van der Waals surface area (Å²) in [5.41, 5.74) is 2.39. The third-order valence-corrected chi connectivity index (χ3v) is 4.72. The van der Waals surface area contributed by atoms with Gasteiger partial charge in [0.25, 0.3) is 0 Å². The third-order valence-electron chi connectivity index (χ3n) is 4.72. The van der Waals surface area contributed by atoms with Gasteiger partial charge in [0, 0.05) is 43.5 Å². The van der Waals surface area contributed by atoms with E-state index in [1.165, 1.54) is 19.7 Å². The van der Waals surface area contributed by atoms with Crippen molar-refractivity contribution in [2.75, 3.05) is 35.7 Å². The zero-order chi connectivity index (χ0) is 19.9. The largest absolute Gasteiger partial charge is 0.494 e. The second-order valence-corrected chi connectivity index (χ2v) is 6.79. The predicted molar refractivity (Wildman–Crippen MR) is 111 cm³/mol. The van der Waals surface area contributed by atoms with Gasteiger partial charge in [0.15, 0.2) is 0 Å². The molecule has 0 bridgehead atoms. The number of urea groups is 1. The minimum Gasteiger partial charge on any atom is -0.494 e. The number of amides is 3. The molecule has 1 aliphatic rings. The number of carbonyl (C=O) groups is 2. The Bertz CT molecular complexity index is 818. The van der Waals surface area contributed by atoms with Crippen LogP contribution >= 0.6 is 0 Å². The first-order valence-electron chi connectivity index (χ1n) is 9.38. The van der Waals surface area contributed by atoms with Crippen LogP contribution in [0.15, 0.2) is 48.5 Å². The summed E-state index contributed by atoms with van der Waals surface area (Å²) in [6, 6.07) is 15.3. The van der Waals surface area contributed by atoms with Crippen LogP contribution in [0, 0.1) is 0 Å². The molecule has 1 heterocycles. The normalized spacial score (nSPS) is 14.3. The fraction of sp³-hybridized carbons (Fsp3) is 0.333. The lowest BCUT2D eigenvalue weighted by Crippen LogP contribution is -2.46. The average Bonchev–Trinajstić information content (AvgIpc) is 2.70. The van der Waals surface area contributed by atoms with Crippen LogP contribution in [0.1, 0.15) is 19.8 Å². The van der Waals surface area contributed by atoms with Crippen molar-refractivity contribution in [1.82, 2.24) is 5.32 Å². The van der Waals surface area contributed by atoms with E-state index in [4.69, 9.17) is 4.74 Å². The Kier molecular flexibility index (Phi) is 6.37. The zero-order valence-electron chi connectivity index (χ0n) is 16.2. The number of ether oxygens (including phenoxy) is 1. The number of nitrogens with zero attached hydrogens (tertiary/aromatic N) is 1. The number of carbonyl (C=O) groups excluding carboxylic acids is 2. The van der Waals surface area contributed by atoms with Crippen molar-refractivity contribution in [3.63, 3.8) is 0 Å². The van der Waals surface area contributed by atoms with Gasteiger partial charge in [-0.1, -0.05) is 18.2 Å². The van der Waals surface area contributed by atoms with Crippen molar-refractivity contribution in [3.8, 4) is 5.75 Å². The van der Waals surface area contributed by atoms with Gasteiger partial charge in [-0.05, 0) is 37.1 Å². The number of piperidine rings is 1. The summed E-state index contributed by atoms with van der Waals surface area (Å²) < 4.78 is 5.28. The van der Waals surface area contributed by atoms with Gasteiger partial charge >= 0.3 is 6.03 Å². The molecular weight excluding hydrogens is 356 g/mol. The van der Waals surface area contributed by atoms with Crippen LogP contribution < -0.4 is 25.6 Å². The SMILES string of the molecule is COc1cc(NC(=O)NC2CCN(c3ccccc3)CC2)ccc1NC(C)=O. The van der Waals surface area contributed by atoms with Crippen molar-refractivity contribution in [1.29, 1.82) is 0 Å². The number of para-hydroxylation sites is 1. The molecule has 0 unspecified atom stereocenters. The Hall–Kier alpha value is -3.22. The molecule has 0 spiro atoms. The Morgan fingerprint density at radius 3 is 2.39 bits per heavy atom. The van der Waals surface area contributed by atoms with Gasteiger partial charge in [0.05, 0.1) is 12.8 Å². The van der Waals surface area contributed by atoms with Gasteiger partial charge in [-0.3, -0.25) is 4.79 Å². The predicted octanol–water partition coefficient (Wildman–Crippen LogP) is 3.44. The summed E-state index contributed by atoms with van der Waals surface area (Å²) in [5, 5.41) is 8.56. The minimum atomic E-state index is -0.243. The maximum atomic E-state index is 12.3. The number of nitrogens with one attached hydrogen (secondary N) is 3. The quantitative estimate of drug-likeness (QED) is 0.740. The number of benzene rings is 2. The average molecular weight is 382 g/mol. The van der Waals surface area contributed by atoms with Gasteiger partial charge in [0.1, 0.15) is 5.75 Å². The first-order chi connectivity index (χ1) is 13.5. The van der Waals surface area contributed by atoms with E-state index in [1.807, 2.05) is 18.2 Å². The summed E-state index contributed by atoms with van der Waals surface area (Å²) in [7, 11) is 1.52. The number of methoxy groups -OCH3 is 1. The van der Waals surface area contributed by atoms with Crippen LogP contribution in [-0.2, 0) is 4.79 Å². The summed E-state index contributed by atoms with van der Waals surface area (Å²) in [6.07, 6.45) is 1.79. The highest BCUT2D eigenvalue weighted by molar-refractivity contribution is 5.93. The van der Waals surface area contributed by atoms with Crippen LogP contribution in [0.4, 0.5) is 21.9 Å². The highest BCUT2D eigenvalue weighted by Gasteiger charge is 2.21. The highest BCUT2D eigenvalue weighted by Crippen LogP contribution is 2.28. The molecule has 2 aromatic rings. The summed E-state index contributed by atoms with van der Waals surface area (Å²) >= 11 is 0. The van der Waals surface area contributed by atoms with Gasteiger partial charge in [-0.2, -0.15) is 0 Å². The minimum absolute atomic E-state index is 0.139. The molecule has 3 rings (SSSR count). The summed E-state index contributed by atoms with van der Waals surface area (Å²) in [6.45, 7) is 3.25. The molecule has 0 atom stereocenters. The Morgan fingerprint density at radius 1 is 1.04 bits per heavy atom. The number of rotatable bonds is 5. The molecule has 1 aliphatic heterocycles. The first kappa shape index (κ1) is 19.5. The molecular formula is C21H26N4O3. The number of anilines is 3. The fourth-order valence-electron chi connectivity index (χ4n) is 3.34.